The van der Waals surface area contributed by atoms with Crippen LogP contribution in [0, 0.1) is 0 Å². The zero-order valence-electron chi connectivity index (χ0n) is 11.6. The molecule has 1 nitrogen and oxygen atoms in total. The van der Waals surface area contributed by atoms with E-state index in [4.69, 9.17) is 0 Å². The highest BCUT2D eigenvalue weighted by Gasteiger charge is 2.28. The largest absolute Gasteiger partial charge is 0.297 e. The van der Waals surface area contributed by atoms with E-state index in [0.29, 0.717) is 12.1 Å². The summed E-state index contributed by atoms with van der Waals surface area (Å²) in [6, 6.07) is 1.03. The lowest BCUT2D eigenvalue weighted by atomic mass is 9.89. The van der Waals surface area contributed by atoms with Crippen LogP contribution in [-0.4, -0.2) is 12.1 Å². The van der Waals surface area contributed by atoms with Crippen molar-refractivity contribution in [3.05, 3.63) is 46.6 Å². The van der Waals surface area contributed by atoms with Gasteiger partial charge in [-0.05, 0) is 73.7 Å². The highest BCUT2D eigenvalue weighted by Crippen LogP contribution is 2.36. The Morgan fingerprint density at radius 2 is 1.16 bits per heavy atom. The molecule has 0 spiro atoms. The Morgan fingerprint density at radius 1 is 0.684 bits per heavy atom. The fourth-order valence-electron chi connectivity index (χ4n) is 4.16. The molecule has 2 unspecified atom stereocenters. The van der Waals surface area contributed by atoms with Gasteiger partial charge < -0.3 is 0 Å². The quantitative estimate of drug-likeness (QED) is 0.778. The molecule has 4 aliphatic rings. The van der Waals surface area contributed by atoms with Gasteiger partial charge >= 0.3 is 0 Å². The summed E-state index contributed by atoms with van der Waals surface area (Å²) >= 11 is 0. The van der Waals surface area contributed by atoms with Gasteiger partial charge in [0.05, 0.1) is 0 Å². The summed E-state index contributed by atoms with van der Waals surface area (Å²) in [4.78, 5) is 0. The molecule has 4 aliphatic carbocycles. The number of hydrogen-bond acceptors (Lipinski definition) is 1. The summed E-state index contributed by atoms with van der Waals surface area (Å²) in [6.45, 7) is 0. The smallest absolute Gasteiger partial charge is 0.0481 e. The third-order valence-electron chi connectivity index (χ3n) is 5.20. The molecule has 0 saturated heterocycles. The summed E-state index contributed by atoms with van der Waals surface area (Å²) in [5.41, 5.74) is 6.63. The van der Waals surface area contributed by atoms with E-state index in [2.05, 4.69) is 29.6 Å². The molecule has 0 amide bonds. The molecule has 0 radical (unpaired) electrons. The third-order valence-corrected chi connectivity index (χ3v) is 5.20. The minimum absolute atomic E-state index is 0.513. The van der Waals surface area contributed by atoms with Gasteiger partial charge in [-0.2, -0.15) is 0 Å². The average molecular weight is 253 g/mol. The van der Waals surface area contributed by atoms with Gasteiger partial charge in [0.25, 0.3) is 0 Å². The first kappa shape index (κ1) is 11.7. The second kappa shape index (κ2) is 4.79. The van der Waals surface area contributed by atoms with Crippen molar-refractivity contribution in [2.75, 3.05) is 0 Å². The standard InChI is InChI=1S/C18H23N/c1-3-7-15-13(5-1)9-11-17(15)19-18-12-10-14-6-2-4-8-16(14)18/h9-12,17-19H,1-8H2. The van der Waals surface area contributed by atoms with E-state index in [0.717, 1.165) is 0 Å². The van der Waals surface area contributed by atoms with Gasteiger partial charge in [0.15, 0.2) is 0 Å². The lowest BCUT2D eigenvalue weighted by molar-refractivity contribution is 0.555. The number of allylic oxidation sites excluding steroid dienone is 4. The van der Waals surface area contributed by atoms with Gasteiger partial charge in [-0.1, -0.05) is 24.3 Å². The molecule has 1 N–H and O–H groups in total. The van der Waals surface area contributed by atoms with Gasteiger partial charge in [-0.15, -0.1) is 0 Å². The molecule has 0 saturated carbocycles. The van der Waals surface area contributed by atoms with E-state index in [1.165, 1.54) is 51.4 Å². The molecule has 0 aromatic heterocycles. The fraction of sp³-hybridized carbons (Fsp3) is 0.556. The summed E-state index contributed by atoms with van der Waals surface area (Å²) < 4.78 is 0. The normalized spacial score (nSPS) is 33.1. The third kappa shape index (κ3) is 2.04. The van der Waals surface area contributed by atoms with Crippen molar-refractivity contribution in [1.82, 2.24) is 5.32 Å². The second-order valence-corrected chi connectivity index (χ2v) is 6.36. The van der Waals surface area contributed by atoms with E-state index >= 15 is 0 Å². The number of hydrogen-bond donors (Lipinski definition) is 1. The topological polar surface area (TPSA) is 12.0 Å². The van der Waals surface area contributed by atoms with Crippen molar-refractivity contribution in [2.24, 2.45) is 0 Å². The summed E-state index contributed by atoms with van der Waals surface area (Å²) in [5.74, 6) is 0. The molecule has 1 heteroatoms. The zero-order valence-corrected chi connectivity index (χ0v) is 11.6. The van der Waals surface area contributed by atoms with Gasteiger partial charge in [0.1, 0.15) is 0 Å². The summed E-state index contributed by atoms with van der Waals surface area (Å²) in [7, 11) is 0. The van der Waals surface area contributed by atoms with E-state index < -0.39 is 0 Å². The van der Waals surface area contributed by atoms with Crippen LogP contribution in [0.4, 0.5) is 0 Å². The van der Waals surface area contributed by atoms with Crippen molar-refractivity contribution >= 4 is 0 Å². The molecule has 0 aliphatic heterocycles. The first-order valence-electron chi connectivity index (χ1n) is 7.98. The first-order chi connectivity index (χ1) is 9.42. The molecule has 2 atom stereocenters. The molecule has 0 bridgehead atoms. The molecule has 0 aromatic carbocycles. The minimum Gasteiger partial charge on any atom is -0.297 e. The lowest BCUT2D eigenvalue weighted by Crippen LogP contribution is -2.37. The molecule has 0 heterocycles. The maximum atomic E-state index is 3.89. The monoisotopic (exact) mass is 253 g/mol. The minimum atomic E-state index is 0.513. The van der Waals surface area contributed by atoms with E-state index in [1.807, 2.05) is 0 Å². The Bertz CT molecular complexity index is 458. The van der Waals surface area contributed by atoms with Crippen LogP contribution in [0.5, 0.6) is 0 Å². The van der Waals surface area contributed by atoms with Crippen LogP contribution in [0.3, 0.4) is 0 Å². The lowest BCUT2D eigenvalue weighted by Gasteiger charge is -2.26. The van der Waals surface area contributed by atoms with Crippen LogP contribution in [0.25, 0.3) is 0 Å². The molecule has 4 rings (SSSR count). The molecule has 100 valence electrons. The van der Waals surface area contributed by atoms with Gasteiger partial charge in [-0.3, -0.25) is 5.32 Å². The molecular formula is C18H23N. The van der Waals surface area contributed by atoms with Crippen molar-refractivity contribution < 1.29 is 0 Å². The number of nitrogens with one attached hydrogen (secondary N) is 1. The van der Waals surface area contributed by atoms with Crippen LogP contribution >= 0.6 is 0 Å². The molecule has 0 aromatic rings. The molecule has 19 heavy (non-hydrogen) atoms. The van der Waals surface area contributed by atoms with Crippen molar-refractivity contribution in [3.8, 4) is 0 Å². The van der Waals surface area contributed by atoms with E-state index in [9.17, 15) is 0 Å². The highest BCUT2D eigenvalue weighted by atomic mass is 15.0. The Kier molecular flexibility index (Phi) is 2.96. The van der Waals surface area contributed by atoms with Crippen molar-refractivity contribution in [3.63, 3.8) is 0 Å². The Labute approximate surface area is 116 Å². The Morgan fingerprint density at radius 3 is 1.68 bits per heavy atom. The summed E-state index contributed by atoms with van der Waals surface area (Å²) in [6.07, 6.45) is 20.3. The van der Waals surface area contributed by atoms with Gasteiger partial charge in [0.2, 0.25) is 0 Å². The maximum absolute atomic E-state index is 3.89. The van der Waals surface area contributed by atoms with Crippen LogP contribution in [0.1, 0.15) is 51.4 Å². The highest BCUT2D eigenvalue weighted by molar-refractivity contribution is 5.45. The van der Waals surface area contributed by atoms with E-state index in [1.54, 1.807) is 22.3 Å². The van der Waals surface area contributed by atoms with Crippen LogP contribution in [0.15, 0.2) is 46.6 Å². The van der Waals surface area contributed by atoms with Gasteiger partial charge in [-0.25, -0.2) is 0 Å². The Hall–Kier alpha value is -1.08. The van der Waals surface area contributed by atoms with Crippen LogP contribution in [0.2, 0.25) is 0 Å². The molecule has 0 fully saturated rings. The Balaban J connectivity index is 1.51. The second-order valence-electron chi connectivity index (χ2n) is 6.36. The predicted octanol–water partition coefficient (Wildman–Crippen LogP) is 4.19. The zero-order chi connectivity index (χ0) is 12.7. The SMILES string of the molecule is C1=CC(NC2C=CC3=C2CCCC3)C2=C1CCCC2. The van der Waals surface area contributed by atoms with Crippen LogP contribution < -0.4 is 5.32 Å². The fourth-order valence-corrected chi connectivity index (χ4v) is 4.16. The van der Waals surface area contributed by atoms with Crippen molar-refractivity contribution in [1.29, 1.82) is 0 Å². The number of rotatable bonds is 2. The average Bonchev–Trinajstić information content (AvgIpc) is 3.05. The first-order valence-corrected chi connectivity index (χ1v) is 7.98. The molecular weight excluding hydrogens is 230 g/mol. The van der Waals surface area contributed by atoms with Crippen LogP contribution in [-0.2, 0) is 0 Å². The van der Waals surface area contributed by atoms with E-state index in [-0.39, 0.29) is 0 Å². The van der Waals surface area contributed by atoms with Gasteiger partial charge in [0, 0.05) is 12.1 Å². The maximum Gasteiger partial charge on any atom is 0.0481 e. The van der Waals surface area contributed by atoms with Crippen molar-refractivity contribution in [2.45, 2.75) is 63.5 Å². The predicted molar refractivity (Wildman–Crippen MR) is 80.0 cm³/mol. The summed E-state index contributed by atoms with van der Waals surface area (Å²) in [5, 5.41) is 3.89.